The van der Waals surface area contributed by atoms with Crippen LogP contribution < -0.4 is 0 Å². The van der Waals surface area contributed by atoms with Crippen molar-refractivity contribution in [2.24, 2.45) is 5.92 Å². The maximum Gasteiger partial charge on any atom is 0.191 e. The summed E-state index contributed by atoms with van der Waals surface area (Å²) >= 11 is 0. The molecule has 1 aromatic rings. The summed E-state index contributed by atoms with van der Waals surface area (Å²) in [5.41, 5.74) is 0.862. The van der Waals surface area contributed by atoms with Crippen LogP contribution in [0.4, 0.5) is 0 Å². The quantitative estimate of drug-likeness (QED) is 0.279. The van der Waals surface area contributed by atoms with Crippen molar-refractivity contribution in [3.8, 4) is 0 Å². The lowest BCUT2D eigenvalue weighted by Crippen LogP contribution is -2.41. The Bertz CT molecular complexity index is 600. The van der Waals surface area contributed by atoms with Crippen molar-refractivity contribution in [2.75, 3.05) is 6.61 Å². The van der Waals surface area contributed by atoms with Gasteiger partial charge in [-0.05, 0) is 48.9 Å². The van der Waals surface area contributed by atoms with Crippen LogP contribution in [-0.2, 0) is 15.8 Å². The molecule has 2 rings (SSSR count). The average Bonchev–Trinajstić information content (AvgIpc) is 3.00. The summed E-state index contributed by atoms with van der Waals surface area (Å²) in [7, 11) is -1.65. The van der Waals surface area contributed by atoms with Crippen LogP contribution in [0.15, 0.2) is 55.1 Å². The molecule has 3 heteroatoms. The highest BCUT2D eigenvalue weighted by Crippen LogP contribution is 2.39. The van der Waals surface area contributed by atoms with Crippen LogP contribution >= 0.6 is 0 Å². The molecule has 0 aliphatic heterocycles. The Hall–Kier alpha value is -1.16. The van der Waals surface area contributed by atoms with Crippen molar-refractivity contribution in [1.82, 2.24) is 0 Å². The Kier molecular flexibility index (Phi) is 7.06. The normalized spacial score (nSPS) is 23.3. The molecule has 0 N–H and O–H groups in total. The van der Waals surface area contributed by atoms with Gasteiger partial charge in [0.1, 0.15) is 5.60 Å². The number of hydrogen-bond acceptors (Lipinski definition) is 2. The fourth-order valence-electron chi connectivity index (χ4n) is 3.20. The summed E-state index contributed by atoms with van der Waals surface area (Å²) in [5, 5.41) is 0.269. The van der Waals surface area contributed by atoms with Gasteiger partial charge in [-0.25, -0.2) is 0 Å². The lowest BCUT2D eigenvalue weighted by Gasteiger charge is -2.36. The molecule has 0 unspecified atom stereocenters. The molecule has 0 saturated carbocycles. The molecule has 0 spiro atoms. The molecule has 144 valence electrons. The first-order valence-electron chi connectivity index (χ1n) is 9.83. The van der Waals surface area contributed by atoms with Crippen molar-refractivity contribution in [1.29, 1.82) is 0 Å². The third kappa shape index (κ3) is 5.18. The van der Waals surface area contributed by atoms with Crippen molar-refractivity contribution in [2.45, 2.75) is 70.4 Å². The lowest BCUT2D eigenvalue weighted by atomic mass is 9.86. The van der Waals surface area contributed by atoms with Crippen LogP contribution in [0.2, 0.25) is 18.1 Å². The highest BCUT2D eigenvalue weighted by atomic mass is 28.4. The van der Waals surface area contributed by atoms with E-state index in [1.165, 1.54) is 5.56 Å². The summed E-state index contributed by atoms with van der Waals surface area (Å²) < 4.78 is 12.7. The van der Waals surface area contributed by atoms with Gasteiger partial charge < -0.3 is 9.16 Å². The van der Waals surface area contributed by atoms with Crippen molar-refractivity contribution in [3.05, 3.63) is 60.7 Å². The van der Waals surface area contributed by atoms with E-state index in [2.05, 4.69) is 76.9 Å². The molecule has 2 atom stereocenters. The first-order valence-corrected chi connectivity index (χ1v) is 12.7. The monoisotopic (exact) mass is 372 g/mol. The van der Waals surface area contributed by atoms with Crippen LogP contribution in [0.25, 0.3) is 0 Å². The molecule has 0 radical (unpaired) electrons. The molecular formula is C23H36O2Si. The number of allylic oxidation sites excluding steroid dienone is 1. The second-order valence-corrected chi connectivity index (χ2v) is 13.7. The van der Waals surface area contributed by atoms with Crippen LogP contribution in [0.1, 0.15) is 45.6 Å². The van der Waals surface area contributed by atoms with E-state index in [1.54, 1.807) is 0 Å². The summed E-state index contributed by atoms with van der Waals surface area (Å²) in [6, 6.07) is 10.4. The zero-order chi connectivity index (χ0) is 19.3. The first kappa shape index (κ1) is 21.1. The minimum Gasteiger partial charge on any atom is -0.417 e. The van der Waals surface area contributed by atoms with E-state index in [0.29, 0.717) is 12.5 Å². The maximum absolute atomic E-state index is 6.35. The van der Waals surface area contributed by atoms with Gasteiger partial charge in [-0.1, -0.05) is 75.9 Å². The van der Waals surface area contributed by atoms with Crippen molar-refractivity contribution >= 4 is 8.32 Å². The predicted molar refractivity (Wildman–Crippen MR) is 114 cm³/mol. The summed E-state index contributed by atoms with van der Waals surface area (Å²) in [6.45, 7) is 17.1. The molecule has 0 heterocycles. The minimum atomic E-state index is -1.65. The minimum absolute atomic E-state index is 0.269. The zero-order valence-corrected chi connectivity index (χ0v) is 18.3. The molecule has 26 heavy (non-hydrogen) atoms. The van der Waals surface area contributed by atoms with Gasteiger partial charge in [-0.2, -0.15) is 0 Å². The average molecular weight is 373 g/mol. The van der Waals surface area contributed by atoms with Crippen LogP contribution in [-0.4, -0.2) is 20.5 Å². The molecule has 1 aliphatic rings. The largest absolute Gasteiger partial charge is 0.417 e. The van der Waals surface area contributed by atoms with E-state index in [4.69, 9.17) is 9.16 Å². The summed E-state index contributed by atoms with van der Waals surface area (Å²) in [6.07, 6.45) is 9.65. The highest BCUT2D eigenvalue weighted by Gasteiger charge is 2.39. The molecule has 0 amide bonds. The molecule has 1 aliphatic carbocycles. The van der Waals surface area contributed by atoms with Gasteiger partial charge in [0.05, 0.1) is 6.61 Å². The fraction of sp³-hybridized carbons (Fsp3) is 0.565. The lowest BCUT2D eigenvalue weighted by molar-refractivity contribution is -0.0221. The van der Waals surface area contributed by atoms with Crippen LogP contribution in [0.5, 0.6) is 0 Å². The van der Waals surface area contributed by atoms with Gasteiger partial charge in [-0.3, -0.25) is 0 Å². The van der Waals surface area contributed by atoms with E-state index in [-0.39, 0.29) is 10.6 Å². The summed E-state index contributed by atoms with van der Waals surface area (Å²) in [5.74, 6) is 0.451. The van der Waals surface area contributed by atoms with Crippen LogP contribution in [0.3, 0.4) is 0 Å². The summed E-state index contributed by atoms with van der Waals surface area (Å²) in [4.78, 5) is 0. The van der Waals surface area contributed by atoms with Crippen LogP contribution in [0, 0.1) is 5.92 Å². The van der Waals surface area contributed by atoms with Gasteiger partial charge in [0.2, 0.25) is 0 Å². The molecule has 0 bridgehead atoms. The first-order chi connectivity index (χ1) is 12.2. The second kappa shape index (κ2) is 8.68. The maximum atomic E-state index is 6.35. The standard InChI is InChI=1S/C23H36O2Si/c1-7-23(24-19-20-13-9-8-10-14-20)17-11-15-21(23)16-12-18-25-26(5,6)22(2,3)4/h7-11,13-14,17,21H,1,12,15-16,18-19H2,2-6H3/t21-,23-/m1/s1. The molecule has 0 saturated heterocycles. The van der Waals surface area contributed by atoms with Gasteiger partial charge in [0.15, 0.2) is 8.32 Å². The van der Waals surface area contributed by atoms with E-state index in [0.717, 1.165) is 25.9 Å². The van der Waals surface area contributed by atoms with Crippen molar-refractivity contribution in [3.63, 3.8) is 0 Å². The third-order valence-corrected chi connectivity index (χ3v) is 10.6. The Morgan fingerprint density at radius 3 is 2.54 bits per heavy atom. The van der Waals surface area contributed by atoms with E-state index < -0.39 is 8.32 Å². The molecular weight excluding hydrogens is 336 g/mol. The van der Waals surface area contributed by atoms with Gasteiger partial charge >= 0.3 is 0 Å². The zero-order valence-electron chi connectivity index (χ0n) is 17.3. The molecule has 0 aromatic heterocycles. The number of rotatable bonds is 9. The highest BCUT2D eigenvalue weighted by molar-refractivity contribution is 6.74. The van der Waals surface area contributed by atoms with Gasteiger partial charge in [-0.15, -0.1) is 0 Å². The fourth-order valence-corrected chi connectivity index (χ4v) is 4.28. The van der Waals surface area contributed by atoms with E-state index >= 15 is 0 Å². The smallest absolute Gasteiger partial charge is 0.191 e. The number of benzene rings is 1. The Labute approximate surface area is 161 Å². The van der Waals surface area contributed by atoms with E-state index in [9.17, 15) is 0 Å². The molecule has 2 nitrogen and oxygen atoms in total. The Morgan fingerprint density at radius 2 is 1.92 bits per heavy atom. The topological polar surface area (TPSA) is 18.5 Å². The Morgan fingerprint density at radius 1 is 1.23 bits per heavy atom. The third-order valence-electron chi connectivity index (χ3n) is 6.05. The Balaban J connectivity index is 1.87. The SMILES string of the molecule is C=C[C@@]1(OCc2ccccc2)C=CC[C@@H]1CCCO[Si](C)(C)C(C)(C)C. The molecule has 0 fully saturated rings. The van der Waals surface area contributed by atoms with Gasteiger partial charge in [0, 0.05) is 6.61 Å². The van der Waals surface area contributed by atoms with Crippen molar-refractivity contribution < 1.29 is 9.16 Å². The van der Waals surface area contributed by atoms with Gasteiger partial charge in [0.25, 0.3) is 0 Å². The predicted octanol–water partition coefficient (Wildman–Crippen LogP) is 6.51. The molecule has 1 aromatic carbocycles. The number of hydrogen-bond donors (Lipinski definition) is 0. The number of ether oxygens (including phenoxy) is 1. The second-order valence-electron chi connectivity index (χ2n) is 8.92. The van der Waals surface area contributed by atoms with E-state index in [1.807, 2.05) is 12.1 Å².